The molecule has 2 N–H and O–H groups in total. The second kappa shape index (κ2) is 12.6. The van der Waals surface area contributed by atoms with E-state index in [9.17, 15) is 9.59 Å². The monoisotopic (exact) mass is 403 g/mol. The molecule has 1 aromatic carbocycles. The summed E-state index contributed by atoms with van der Waals surface area (Å²) in [6.45, 7) is 7.27. The SMILES string of the molecule is COCC(=O)N1CCCCCCCNCc2cc(C(=O)NCCC(C)C)ccc21. The minimum atomic E-state index is -0.0608. The van der Waals surface area contributed by atoms with E-state index in [1.165, 1.54) is 12.8 Å². The highest BCUT2D eigenvalue weighted by Gasteiger charge is 2.20. The number of rotatable bonds is 6. The molecule has 1 heterocycles. The van der Waals surface area contributed by atoms with Gasteiger partial charge in [0.05, 0.1) is 0 Å². The number of nitrogens with one attached hydrogen (secondary N) is 2. The molecule has 0 spiro atoms. The maximum atomic E-state index is 12.7. The van der Waals surface area contributed by atoms with Gasteiger partial charge in [-0.3, -0.25) is 9.59 Å². The minimum absolute atomic E-state index is 0.0417. The fourth-order valence-electron chi connectivity index (χ4n) is 3.56. The summed E-state index contributed by atoms with van der Waals surface area (Å²) in [5, 5.41) is 6.47. The van der Waals surface area contributed by atoms with Crippen molar-refractivity contribution in [3.63, 3.8) is 0 Å². The molecule has 0 fully saturated rings. The van der Waals surface area contributed by atoms with Crippen LogP contribution < -0.4 is 15.5 Å². The summed E-state index contributed by atoms with van der Waals surface area (Å²) in [5.41, 5.74) is 2.49. The van der Waals surface area contributed by atoms with Crippen molar-refractivity contribution in [3.05, 3.63) is 29.3 Å². The summed E-state index contributed by atoms with van der Waals surface area (Å²) in [7, 11) is 1.54. The fourth-order valence-corrected chi connectivity index (χ4v) is 3.56. The van der Waals surface area contributed by atoms with Gasteiger partial charge in [-0.2, -0.15) is 0 Å². The molecule has 6 heteroatoms. The summed E-state index contributed by atoms with van der Waals surface area (Å²) in [5.74, 6) is 0.450. The molecule has 1 aromatic rings. The molecular formula is C23H37N3O3. The highest BCUT2D eigenvalue weighted by Crippen LogP contribution is 2.24. The van der Waals surface area contributed by atoms with Gasteiger partial charge >= 0.3 is 0 Å². The Hall–Kier alpha value is -1.92. The molecule has 1 aliphatic rings. The number of benzene rings is 1. The van der Waals surface area contributed by atoms with E-state index in [0.29, 0.717) is 31.1 Å². The lowest BCUT2D eigenvalue weighted by Gasteiger charge is -2.26. The summed E-state index contributed by atoms with van der Waals surface area (Å²) in [6.07, 6.45) is 6.58. The maximum Gasteiger partial charge on any atom is 0.252 e. The van der Waals surface area contributed by atoms with Crippen molar-refractivity contribution in [2.45, 2.75) is 58.9 Å². The lowest BCUT2D eigenvalue weighted by molar-refractivity contribution is -0.122. The third-order valence-corrected chi connectivity index (χ3v) is 5.26. The van der Waals surface area contributed by atoms with Crippen molar-refractivity contribution in [2.75, 3.05) is 38.3 Å². The Balaban J connectivity index is 2.25. The number of hydrogen-bond acceptors (Lipinski definition) is 4. The van der Waals surface area contributed by atoms with Crippen molar-refractivity contribution in [1.82, 2.24) is 10.6 Å². The molecular weight excluding hydrogens is 366 g/mol. The van der Waals surface area contributed by atoms with Crippen molar-refractivity contribution in [3.8, 4) is 0 Å². The van der Waals surface area contributed by atoms with Gasteiger partial charge in [-0.05, 0) is 55.5 Å². The summed E-state index contributed by atoms with van der Waals surface area (Å²) < 4.78 is 5.10. The average molecular weight is 404 g/mol. The van der Waals surface area contributed by atoms with Crippen LogP contribution in [-0.4, -0.2) is 45.2 Å². The first-order valence-corrected chi connectivity index (χ1v) is 10.9. The molecule has 0 saturated heterocycles. The second-order valence-electron chi connectivity index (χ2n) is 8.20. The number of carbonyl (C=O) groups excluding carboxylic acids is 2. The van der Waals surface area contributed by atoms with E-state index >= 15 is 0 Å². The summed E-state index contributed by atoms with van der Waals surface area (Å²) in [6, 6.07) is 5.65. The predicted molar refractivity (Wildman–Crippen MR) is 117 cm³/mol. The zero-order chi connectivity index (χ0) is 21.1. The highest BCUT2D eigenvalue weighted by atomic mass is 16.5. The summed E-state index contributed by atoms with van der Waals surface area (Å²) >= 11 is 0. The van der Waals surface area contributed by atoms with Crippen LogP contribution in [0.3, 0.4) is 0 Å². The van der Waals surface area contributed by atoms with E-state index < -0.39 is 0 Å². The van der Waals surface area contributed by atoms with E-state index in [0.717, 1.165) is 43.5 Å². The number of methoxy groups -OCH3 is 1. The largest absolute Gasteiger partial charge is 0.375 e. The van der Waals surface area contributed by atoms with Gasteiger partial charge in [-0.15, -0.1) is 0 Å². The van der Waals surface area contributed by atoms with Crippen molar-refractivity contribution < 1.29 is 14.3 Å². The Morgan fingerprint density at radius 3 is 2.69 bits per heavy atom. The van der Waals surface area contributed by atoms with E-state index in [-0.39, 0.29) is 18.4 Å². The zero-order valence-corrected chi connectivity index (χ0v) is 18.3. The first kappa shape index (κ1) is 23.4. The quantitative estimate of drug-likeness (QED) is 0.763. The van der Waals surface area contributed by atoms with Crippen LogP contribution in [0.5, 0.6) is 0 Å². The number of nitrogens with zero attached hydrogens (tertiary/aromatic N) is 1. The molecule has 0 atom stereocenters. The molecule has 0 aromatic heterocycles. The Morgan fingerprint density at radius 2 is 1.93 bits per heavy atom. The highest BCUT2D eigenvalue weighted by molar-refractivity contribution is 5.98. The average Bonchev–Trinajstić information content (AvgIpc) is 2.68. The van der Waals surface area contributed by atoms with Gasteiger partial charge in [0.25, 0.3) is 11.8 Å². The maximum absolute atomic E-state index is 12.7. The molecule has 29 heavy (non-hydrogen) atoms. The van der Waals surface area contributed by atoms with Crippen LogP contribution in [0, 0.1) is 5.92 Å². The Bertz CT molecular complexity index is 661. The number of fused-ring (bicyclic) bond motifs is 1. The molecule has 2 rings (SSSR count). The molecule has 162 valence electrons. The van der Waals surface area contributed by atoms with Crippen LogP contribution in [0.15, 0.2) is 18.2 Å². The first-order valence-electron chi connectivity index (χ1n) is 10.9. The van der Waals surface area contributed by atoms with E-state index in [1.54, 1.807) is 7.11 Å². The van der Waals surface area contributed by atoms with Gasteiger partial charge in [0.15, 0.2) is 0 Å². The first-order chi connectivity index (χ1) is 14.0. The molecule has 0 aliphatic carbocycles. The lowest BCUT2D eigenvalue weighted by Crippen LogP contribution is -2.36. The molecule has 1 aliphatic heterocycles. The predicted octanol–water partition coefficient (Wildman–Crippen LogP) is 3.50. The number of anilines is 1. The molecule has 0 bridgehead atoms. The van der Waals surface area contributed by atoms with Crippen LogP contribution in [0.2, 0.25) is 0 Å². The van der Waals surface area contributed by atoms with Gasteiger partial charge in [0.1, 0.15) is 6.61 Å². The Labute approximate surface area is 175 Å². The van der Waals surface area contributed by atoms with Crippen LogP contribution in [0.25, 0.3) is 0 Å². The minimum Gasteiger partial charge on any atom is -0.375 e. The molecule has 2 amide bonds. The van der Waals surface area contributed by atoms with Crippen LogP contribution >= 0.6 is 0 Å². The Morgan fingerprint density at radius 1 is 1.17 bits per heavy atom. The Kier molecular flexibility index (Phi) is 10.2. The van der Waals surface area contributed by atoms with Crippen LogP contribution in [0.1, 0.15) is 68.3 Å². The molecule has 6 nitrogen and oxygen atoms in total. The van der Waals surface area contributed by atoms with E-state index in [2.05, 4.69) is 24.5 Å². The van der Waals surface area contributed by atoms with Crippen molar-refractivity contribution in [1.29, 1.82) is 0 Å². The normalized spacial score (nSPS) is 15.9. The van der Waals surface area contributed by atoms with Crippen molar-refractivity contribution >= 4 is 17.5 Å². The zero-order valence-electron chi connectivity index (χ0n) is 18.3. The second-order valence-corrected chi connectivity index (χ2v) is 8.20. The molecule has 0 unspecified atom stereocenters. The van der Waals surface area contributed by atoms with Gasteiger partial charge in [-0.1, -0.05) is 33.1 Å². The van der Waals surface area contributed by atoms with Crippen molar-refractivity contribution in [2.24, 2.45) is 5.92 Å². The van der Waals surface area contributed by atoms with Gasteiger partial charge in [0, 0.05) is 38.0 Å². The lowest BCUT2D eigenvalue weighted by atomic mass is 10.0. The number of ether oxygens (including phenoxy) is 1. The number of carbonyl (C=O) groups is 2. The van der Waals surface area contributed by atoms with Gasteiger partial charge in [0.2, 0.25) is 0 Å². The van der Waals surface area contributed by atoms with Gasteiger partial charge < -0.3 is 20.3 Å². The number of amides is 2. The third-order valence-electron chi connectivity index (χ3n) is 5.26. The fraction of sp³-hybridized carbons (Fsp3) is 0.652. The number of hydrogen-bond donors (Lipinski definition) is 2. The van der Waals surface area contributed by atoms with Crippen LogP contribution in [-0.2, 0) is 16.1 Å². The molecule has 0 radical (unpaired) electrons. The summed E-state index contributed by atoms with van der Waals surface area (Å²) in [4.78, 5) is 27.1. The third kappa shape index (κ3) is 7.78. The van der Waals surface area contributed by atoms with E-state index in [4.69, 9.17) is 4.74 Å². The smallest absolute Gasteiger partial charge is 0.252 e. The van der Waals surface area contributed by atoms with E-state index in [1.807, 2.05) is 23.1 Å². The van der Waals surface area contributed by atoms with Gasteiger partial charge in [-0.25, -0.2) is 0 Å². The topological polar surface area (TPSA) is 70.7 Å². The molecule has 0 saturated carbocycles. The van der Waals surface area contributed by atoms with Crippen LogP contribution in [0.4, 0.5) is 5.69 Å². The standard InChI is InChI=1S/C23H37N3O3/c1-18(2)11-13-25-23(28)19-9-10-21-20(15-19)16-24-12-7-5-4-6-8-14-26(21)22(27)17-29-3/h9-10,15,18,24H,4-8,11-14,16-17H2,1-3H3,(H,25,28).